The monoisotopic (exact) mass is 501 g/mol. The van der Waals surface area contributed by atoms with Crippen molar-refractivity contribution in [2.75, 3.05) is 12.8 Å². The van der Waals surface area contributed by atoms with Gasteiger partial charge in [-0.1, -0.05) is 76.2 Å². The Bertz CT molecular complexity index is 1230. The van der Waals surface area contributed by atoms with Crippen LogP contribution in [-0.2, 0) is 10.8 Å². The molecule has 4 aromatic rings. The quantitative estimate of drug-likeness (QED) is 0.271. The highest BCUT2D eigenvalue weighted by atomic mass is 16.5. The molecule has 0 aliphatic rings. The molecule has 0 bridgehead atoms. The second kappa shape index (κ2) is 11.8. The van der Waals surface area contributed by atoms with Crippen LogP contribution in [0, 0.1) is 6.92 Å². The summed E-state index contributed by atoms with van der Waals surface area (Å²) >= 11 is 0. The van der Waals surface area contributed by atoms with Crippen molar-refractivity contribution in [2.45, 2.75) is 45.4 Å². The maximum absolute atomic E-state index is 9.30. The molecule has 4 aromatic carbocycles. The van der Waals surface area contributed by atoms with Crippen LogP contribution in [-0.4, -0.2) is 22.8 Å². The van der Waals surface area contributed by atoms with Crippen LogP contribution in [0.4, 0.5) is 5.69 Å². The molecule has 0 atom stereocenters. The number of anilines is 1. The van der Waals surface area contributed by atoms with Crippen LogP contribution in [0.1, 0.15) is 55.5 Å². The highest BCUT2D eigenvalue weighted by molar-refractivity contribution is 5.52. The van der Waals surface area contributed by atoms with Gasteiger partial charge in [0, 0.05) is 16.5 Å². The molecule has 196 valence electrons. The number of nitrogen functional groups attached to an aromatic ring is 1. The fourth-order valence-electron chi connectivity index (χ4n) is 4.13. The summed E-state index contributed by atoms with van der Waals surface area (Å²) in [6.07, 6.45) is 0. The predicted molar refractivity (Wildman–Crippen MR) is 153 cm³/mol. The van der Waals surface area contributed by atoms with Gasteiger partial charge in [0.15, 0.2) is 0 Å². The minimum atomic E-state index is -0.151. The first-order valence-electron chi connectivity index (χ1n) is 12.1. The Hall–Kier alpha value is -3.96. The lowest BCUT2D eigenvalue weighted by atomic mass is 9.78. The van der Waals surface area contributed by atoms with Gasteiger partial charge in [0.25, 0.3) is 0 Å². The summed E-state index contributed by atoms with van der Waals surface area (Å²) in [6, 6.07) is 28.9. The Morgan fingerprint density at radius 1 is 0.595 bits per heavy atom. The van der Waals surface area contributed by atoms with Gasteiger partial charge in [-0.2, -0.15) is 0 Å². The first-order chi connectivity index (χ1) is 16.9. The van der Waals surface area contributed by atoms with Crippen LogP contribution >= 0.6 is 0 Å². The molecule has 0 amide bonds. The third kappa shape index (κ3) is 6.83. The van der Waals surface area contributed by atoms with Crippen molar-refractivity contribution in [1.82, 2.24) is 0 Å². The first-order valence-corrected chi connectivity index (χ1v) is 12.1. The lowest BCUT2D eigenvalue weighted by Crippen LogP contribution is -2.19. The summed E-state index contributed by atoms with van der Waals surface area (Å²) in [4.78, 5) is 0. The Labute approximate surface area is 220 Å². The minimum absolute atomic E-state index is 0. The maximum Gasteiger partial charge on any atom is 0.118 e. The number of benzene rings is 4. The Morgan fingerprint density at radius 3 is 1.32 bits per heavy atom. The van der Waals surface area contributed by atoms with Gasteiger partial charge in [0.05, 0.1) is 7.11 Å². The number of aromatic hydroxyl groups is 2. The molecule has 0 aromatic heterocycles. The smallest absolute Gasteiger partial charge is 0.118 e. The second-order valence-corrected chi connectivity index (χ2v) is 10.1. The van der Waals surface area contributed by atoms with Gasteiger partial charge in [-0.05, 0) is 77.2 Å². The number of hydrogen-bond acceptors (Lipinski definition) is 4. The average Bonchev–Trinajstić information content (AvgIpc) is 2.86. The zero-order valence-corrected chi connectivity index (χ0v) is 22.5. The van der Waals surface area contributed by atoms with Gasteiger partial charge >= 0.3 is 0 Å². The normalized spacial score (nSPS) is 11.1. The SMILES string of the molecule is CC(C)(c1ccc(O)cc1)c1ccc(O)cc1.COc1ccc(C(C)(C)c2ccc(C)c(N)c2)cc1.O. The molecule has 5 heteroatoms. The maximum atomic E-state index is 9.30. The molecule has 37 heavy (non-hydrogen) atoms. The summed E-state index contributed by atoms with van der Waals surface area (Å²) in [6.45, 7) is 10.7. The van der Waals surface area contributed by atoms with Gasteiger partial charge < -0.3 is 26.2 Å². The van der Waals surface area contributed by atoms with Crippen molar-refractivity contribution in [2.24, 2.45) is 0 Å². The van der Waals surface area contributed by atoms with E-state index >= 15 is 0 Å². The molecule has 0 spiro atoms. The molecule has 0 saturated carbocycles. The molecule has 6 N–H and O–H groups in total. The Kier molecular flexibility index (Phi) is 9.37. The molecule has 5 nitrogen and oxygen atoms in total. The van der Waals surface area contributed by atoms with Crippen molar-refractivity contribution in [3.8, 4) is 17.2 Å². The third-order valence-corrected chi connectivity index (χ3v) is 6.99. The molecule has 0 radical (unpaired) electrons. The summed E-state index contributed by atoms with van der Waals surface area (Å²) in [5.74, 6) is 1.42. The van der Waals surface area contributed by atoms with E-state index in [1.165, 1.54) is 11.1 Å². The number of phenols is 2. The summed E-state index contributed by atoms with van der Waals surface area (Å²) in [7, 11) is 1.68. The molecule has 0 saturated heterocycles. The van der Waals surface area contributed by atoms with Crippen molar-refractivity contribution in [1.29, 1.82) is 0 Å². The molecule has 0 aliphatic heterocycles. The van der Waals surface area contributed by atoms with Gasteiger partial charge in [0.2, 0.25) is 0 Å². The van der Waals surface area contributed by atoms with Crippen LogP contribution in [0.25, 0.3) is 0 Å². The number of rotatable bonds is 5. The first kappa shape index (κ1) is 29.3. The van der Waals surface area contributed by atoms with Crippen LogP contribution in [0.3, 0.4) is 0 Å². The van der Waals surface area contributed by atoms with Crippen molar-refractivity contribution < 1.29 is 20.4 Å². The van der Waals surface area contributed by atoms with E-state index in [-0.39, 0.29) is 27.8 Å². The second-order valence-electron chi connectivity index (χ2n) is 10.1. The van der Waals surface area contributed by atoms with Crippen molar-refractivity contribution in [3.05, 3.63) is 119 Å². The number of ether oxygens (including phenoxy) is 1. The zero-order chi connectivity index (χ0) is 26.5. The highest BCUT2D eigenvalue weighted by Crippen LogP contribution is 2.34. The molecular weight excluding hydrogens is 462 g/mol. The molecule has 4 rings (SSSR count). The van der Waals surface area contributed by atoms with E-state index in [9.17, 15) is 10.2 Å². The fourth-order valence-corrected chi connectivity index (χ4v) is 4.13. The summed E-state index contributed by atoms with van der Waals surface area (Å²) in [5, 5.41) is 18.6. The molecular formula is C32H39NO4. The van der Waals surface area contributed by atoms with Crippen LogP contribution in [0.15, 0.2) is 91.0 Å². The number of nitrogens with two attached hydrogens (primary N) is 1. The van der Waals surface area contributed by atoms with E-state index in [4.69, 9.17) is 10.5 Å². The standard InChI is InChI=1S/C17H21NO.C15H16O2.H2O/c1-12-5-6-14(11-16(12)18)17(2,3)13-7-9-15(19-4)10-8-13;1-15(2,11-3-7-13(16)8-4-11)12-5-9-14(17)10-6-12;/h5-11H,18H2,1-4H3;3-10,16-17H,1-2H3;1H2. The molecule has 0 aliphatic carbocycles. The van der Waals surface area contributed by atoms with Gasteiger partial charge in [0.1, 0.15) is 17.2 Å². The number of hydrogen-bond donors (Lipinski definition) is 3. The van der Waals surface area contributed by atoms with E-state index in [0.29, 0.717) is 0 Å². The number of phenolic OH excluding ortho intramolecular Hbond substituents is 2. The van der Waals surface area contributed by atoms with Crippen molar-refractivity contribution >= 4 is 5.69 Å². The van der Waals surface area contributed by atoms with Crippen molar-refractivity contribution in [3.63, 3.8) is 0 Å². The minimum Gasteiger partial charge on any atom is -0.508 e. The largest absolute Gasteiger partial charge is 0.508 e. The predicted octanol–water partition coefficient (Wildman–Crippen LogP) is 6.51. The molecule has 0 fully saturated rings. The Morgan fingerprint density at radius 2 is 0.946 bits per heavy atom. The van der Waals surface area contributed by atoms with E-state index < -0.39 is 0 Å². The average molecular weight is 502 g/mol. The van der Waals surface area contributed by atoms with E-state index in [1.54, 1.807) is 31.4 Å². The Balaban J connectivity index is 0.000000255. The van der Waals surface area contributed by atoms with E-state index in [2.05, 4.69) is 58.0 Å². The van der Waals surface area contributed by atoms with Gasteiger partial charge in [-0.15, -0.1) is 0 Å². The van der Waals surface area contributed by atoms with Gasteiger partial charge in [-0.3, -0.25) is 0 Å². The third-order valence-electron chi connectivity index (χ3n) is 6.99. The van der Waals surface area contributed by atoms with E-state index in [1.807, 2.05) is 43.3 Å². The lowest BCUT2D eigenvalue weighted by molar-refractivity contribution is 0.414. The van der Waals surface area contributed by atoms with Gasteiger partial charge in [-0.25, -0.2) is 0 Å². The molecule has 0 unspecified atom stereocenters. The lowest BCUT2D eigenvalue weighted by Gasteiger charge is -2.27. The van der Waals surface area contributed by atoms with Crippen LogP contribution in [0.5, 0.6) is 17.2 Å². The summed E-state index contributed by atoms with van der Waals surface area (Å²) in [5.41, 5.74) is 12.5. The highest BCUT2D eigenvalue weighted by Gasteiger charge is 2.24. The summed E-state index contributed by atoms with van der Waals surface area (Å²) < 4.78 is 5.20. The zero-order valence-electron chi connectivity index (χ0n) is 22.5. The van der Waals surface area contributed by atoms with Crippen LogP contribution < -0.4 is 10.5 Å². The van der Waals surface area contributed by atoms with E-state index in [0.717, 1.165) is 28.1 Å². The number of aryl methyl sites for hydroxylation is 1. The topological polar surface area (TPSA) is 107 Å². The molecule has 0 heterocycles. The van der Waals surface area contributed by atoms with Crippen LogP contribution in [0.2, 0.25) is 0 Å². The fraction of sp³-hybridized carbons (Fsp3) is 0.250. The number of methoxy groups -OCH3 is 1.